The number of esters is 3. The minimum Gasteiger partial charge on any atom is -0.455 e. The molecule has 1 saturated heterocycles. The van der Waals surface area contributed by atoms with Crippen LogP contribution in [0, 0.1) is 5.92 Å². The first-order valence-corrected chi connectivity index (χ1v) is 6.47. The van der Waals surface area contributed by atoms with Crippen LogP contribution in [0.4, 0.5) is 0 Å². The molecule has 3 unspecified atom stereocenters. The van der Waals surface area contributed by atoms with Gasteiger partial charge in [-0.15, -0.1) is 0 Å². The molecule has 2 aliphatic rings. The van der Waals surface area contributed by atoms with E-state index in [1.165, 1.54) is 0 Å². The van der Waals surface area contributed by atoms with E-state index in [1.807, 2.05) is 0 Å². The number of carbonyl (C=O) groups is 3. The maximum atomic E-state index is 11.7. The van der Waals surface area contributed by atoms with Crippen molar-refractivity contribution in [3.05, 3.63) is 12.7 Å². The Morgan fingerprint density at radius 3 is 2.95 bits per heavy atom. The topological polar surface area (TPSA) is 108 Å². The van der Waals surface area contributed by atoms with Crippen LogP contribution in [0.25, 0.3) is 0 Å². The summed E-state index contributed by atoms with van der Waals surface area (Å²) in [4.78, 5) is 34.2. The van der Waals surface area contributed by atoms with E-state index in [-0.39, 0.29) is 18.3 Å². The van der Waals surface area contributed by atoms with Gasteiger partial charge in [-0.1, -0.05) is 6.58 Å². The molecule has 1 aliphatic carbocycles. The third-order valence-electron chi connectivity index (χ3n) is 3.52. The molecule has 1 heterocycles. The lowest BCUT2D eigenvalue weighted by Gasteiger charge is -2.38. The average molecular weight is 300 g/mol. The molecule has 8 heteroatoms. The van der Waals surface area contributed by atoms with E-state index < -0.39 is 37.2 Å². The molecular formula is C13H16O8. The van der Waals surface area contributed by atoms with Gasteiger partial charge in [-0.25, -0.2) is 9.59 Å². The Morgan fingerprint density at radius 1 is 1.52 bits per heavy atom. The molecule has 1 N–H and O–H groups in total. The molecule has 21 heavy (non-hydrogen) atoms. The molecule has 116 valence electrons. The number of aliphatic hydroxyl groups excluding tert-OH is 1. The number of ether oxygens (including phenoxy) is 4. The average Bonchev–Trinajstić information content (AvgIpc) is 2.79. The zero-order valence-corrected chi connectivity index (χ0v) is 11.3. The van der Waals surface area contributed by atoms with Crippen LogP contribution in [0.3, 0.4) is 0 Å². The fourth-order valence-electron chi connectivity index (χ4n) is 2.51. The van der Waals surface area contributed by atoms with E-state index in [9.17, 15) is 14.4 Å². The smallest absolute Gasteiger partial charge is 0.346 e. The molecule has 0 aromatic rings. The zero-order valence-electron chi connectivity index (χ0n) is 11.3. The summed E-state index contributed by atoms with van der Waals surface area (Å²) in [7, 11) is 0. The Kier molecular flexibility index (Phi) is 4.59. The van der Waals surface area contributed by atoms with E-state index in [0.717, 1.165) is 6.08 Å². The third-order valence-corrected chi connectivity index (χ3v) is 3.52. The van der Waals surface area contributed by atoms with Gasteiger partial charge in [-0.3, -0.25) is 4.79 Å². The Bertz CT molecular complexity index is 459. The largest absolute Gasteiger partial charge is 0.455 e. The van der Waals surface area contributed by atoms with Crippen molar-refractivity contribution < 1.29 is 38.4 Å². The number of hydrogen-bond acceptors (Lipinski definition) is 8. The van der Waals surface area contributed by atoms with Crippen LogP contribution >= 0.6 is 0 Å². The molecule has 2 rings (SSSR count). The van der Waals surface area contributed by atoms with Gasteiger partial charge in [-0.2, -0.15) is 0 Å². The quantitative estimate of drug-likeness (QED) is 0.307. The fourth-order valence-corrected chi connectivity index (χ4v) is 2.51. The van der Waals surface area contributed by atoms with E-state index in [1.54, 1.807) is 0 Å². The Hall–Kier alpha value is -1.93. The second-order valence-corrected chi connectivity index (χ2v) is 4.77. The van der Waals surface area contributed by atoms with Crippen molar-refractivity contribution in [2.45, 2.75) is 31.2 Å². The SMILES string of the molecule is C=CC(=O)OCC(=O)OC1(OCO)CCC2CC1OC2=O. The second kappa shape index (κ2) is 6.23. The van der Waals surface area contributed by atoms with Crippen LogP contribution < -0.4 is 0 Å². The summed E-state index contributed by atoms with van der Waals surface area (Å²) in [5, 5.41) is 8.99. The summed E-state index contributed by atoms with van der Waals surface area (Å²) in [6.07, 6.45) is 1.15. The molecule has 0 spiro atoms. The first-order chi connectivity index (χ1) is 10.0. The van der Waals surface area contributed by atoms with Gasteiger partial charge in [0.1, 0.15) is 6.79 Å². The highest BCUT2D eigenvalue weighted by Gasteiger charge is 2.56. The second-order valence-electron chi connectivity index (χ2n) is 4.77. The fraction of sp³-hybridized carbons (Fsp3) is 0.615. The predicted octanol–water partition coefficient (Wildman–Crippen LogP) is -0.353. The van der Waals surface area contributed by atoms with Gasteiger partial charge in [0, 0.05) is 18.9 Å². The summed E-state index contributed by atoms with van der Waals surface area (Å²) in [6, 6.07) is 0. The summed E-state index contributed by atoms with van der Waals surface area (Å²) >= 11 is 0. The minimum absolute atomic E-state index is 0.218. The highest BCUT2D eigenvalue weighted by molar-refractivity contribution is 5.83. The summed E-state index contributed by atoms with van der Waals surface area (Å²) in [5.74, 6) is -3.75. The number of hydrogen-bond donors (Lipinski definition) is 1. The molecule has 0 aromatic carbocycles. The molecular weight excluding hydrogens is 284 g/mol. The van der Waals surface area contributed by atoms with Crippen LogP contribution in [0.1, 0.15) is 19.3 Å². The van der Waals surface area contributed by atoms with Gasteiger partial charge in [0.05, 0.1) is 5.92 Å². The molecule has 0 aromatic heterocycles. The van der Waals surface area contributed by atoms with Crippen LogP contribution in [0.15, 0.2) is 12.7 Å². The van der Waals surface area contributed by atoms with Crippen molar-refractivity contribution in [3.8, 4) is 0 Å². The lowest BCUT2D eigenvalue weighted by molar-refractivity contribution is -0.296. The van der Waals surface area contributed by atoms with Crippen molar-refractivity contribution in [2.75, 3.05) is 13.4 Å². The van der Waals surface area contributed by atoms with E-state index in [4.69, 9.17) is 19.3 Å². The van der Waals surface area contributed by atoms with Crippen molar-refractivity contribution in [2.24, 2.45) is 5.92 Å². The lowest BCUT2D eigenvalue weighted by Crippen LogP contribution is -2.51. The van der Waals surface area contributed by atoms with Gasteiger partial charge in [-0.05, 0) is 6.42 Å². The molecule has 2 bridgehead atoms. The molecule has 1 aliphatic heterocycles. The lowest BCUT2D eigenvalue weighted by atomic mass is 9.85. The number of aliphatic hydroxyl groups is 1. The standard InChI is InChI=1S/C13H16O8/c1-2-10(15)18-6-11(16)21-13(19-7-14)4-3-8-5-9(13)20-12(8)17/h2,8-9,14H,1,3-7H2. The highest BCUT2D eigenvalue weighted by Crippen LogP contribution is 2.43. The highest BCUT2D eigenvalue weighted by atomic mass is 16.8. The van der Waals surface area contributed by atoms with Crippen molar-refractivity contribution in [1.29, 1.82) is 0 Å². The third kappa shape index (κ3) is 3.22. The van der Waals surface area contributed by atoms with Gasteiger partial charge in [0.2, 0.25) is 0 Å². The van der Waals surface area contributed by atoms with Gasteiger partial charge < -0.3 is 24.1 Å². The summed E-state index contributed by atoms with van der Waals surface area (Å²) in [5.41, 5.74) is 0. The Balaban J connectivity index is 2.01. The van der Waals surface area contributed by atoms with Gasteiger partial charge in [0.15, 0.2) is 12.7 Å². The van der Waals surface area contributed by atoms with Crippen molar-refractivity contribution >= 4 is 17.9 Å². The maximum absolute atomic E-state index is 11.7. The number of rotatable bonds is 6. The normalized spacial score (nSPS) is 30.4. The molecule has 1 saturated carbocycles. The molecule has 2 fully saturated rings. The first kappa shape index (κ1) is 15.5. The van der Waals surface area contributed by atoms with E-state index in [0.29, 0.717) is 12.8 Å². The minimum atomic E-state index is -1.53. The first-order valence-electron chi connectivity index (χ1n) is 6.47. The van der Waals surface area contributed by atoms with E-state index in [2.05, 4.69) is 11.3 Å². The number of carbonyl (C=O) groups excluding carboxylic acids is 3. The van der Waals surface area contributed by atoms with Crippen LogP contribution in [0.2, 0.25) is 0 Å². The molecule has 0 amide bonds. The van der Waals surface area contributed by atoms with Crippen LogP contribution in [-0.2, 0) is 33.3 Å². The van der Waals surface area contributed by atoms with Crippen molar-refractivity contribution in [3.63, 3.8) is 0 Å². The maximum Gasteiger partial charge on any atom is 0.346 e. The van der Waals surface area contributed by atoms with Crippen LogP contribution in [-0.4, -0.2) is 48.3 Å². The van der Waals surface area contributed by atoms with Crippen LogP contribution in [0.5, 0.6) is 0 Å². The summed E-state index contributed by atoms with van der Waals surface area (Å²) < 4.78 is 20.0. The van der Waals surface area contributed by atoms with Gasteiger partial charge >= 0.3 is 17.9 Å². The zero-order chi connectivity index (χ0) is 15.5. The molecule has 0 radical (unpaired) electrons. The predicted molar refractivity (Wildman–Crippen MR) is 65.4 cm³/mol. The Labute approximate surface area is 120 Å². The number of fused-ring (bicyclic) bond motifs is 2. The van der Waals surface area contributed by atoms with Gasteiger partial charge in [0.25, 0.3) is 5.79 Å². The monoisotopic (exact) mass is 300 g/mol. The van der Waals surface area contributed by atoms with Crippen molar-refractivity contribution in [1.82, 2.24) is 0 Å². The Morgan fingerprint density at radius 2 is 2.29 bits per heavy atom. The van der Waals surface area contributed by atoms with E-state index >= 15 is 0 Å². The molecule has 8 nitrogen and oxygen atoms in total. The summed E-state index contributed by atoms with van der Waals surface area (Å²) in [6.45, 7) is 1.88. The molecule has 3 atom stereocenters.